The largest absolute Gasteiger partial charge is 0.444 e. The van der Waals surface area contributed by atoms with Gasteiger partial charge in [0, 0.05) is 32.1 Å². The Bertz CT molecular complexity index is 710. The van der Waals surface area contributed by atoms with Crippen LogP contribution in [0.15, 0.2) is 24.3 Å². The lowest BCUT2D eigenvalue weighted by molar-refractivity contribution is -0.132. The molecule has 28 heavy (non-hydrogen) atoms. The Morgan fingerprint density at radius 3 is 2.43 bits per heavy atom. The summed E-state index contributed by atoms with van der Waals surface area (Å²) < 4.78 is 5.14. The van der Waals surface area contributed by atoms with E-state index in [0.717, 1.165) is 0 Å². The maximum absolute atomic E-state index is 12.3. The van der Waals surface area contributed by atoms with Gasteiger partial charge in [0.1, 0.15) is 5.60 Å². The molecule has 0 aliphatic carbocycles. The number of amides is 3. The summed E-state index contributed by atoms with van der Waals surface area (Å²) >= 11 is 6.06. The van der Waals surface area contributed by atoms with E-state index in [2.05, 4.69) is 10.6 Å². The summed E-state index contributed by atoms with van der Waals surface area (Å²) in [6, 6.07) is 6.93. The van der Waals surface area contributed by atoms with Gasteiger partial charge in [-0.2, -0.15) is 0 Å². The van der Waals surface area contributed by atoms with Crippen LogP contribution in [0.1, 0.15) is 50.4 Å². The molecule has 1 aromatic carbocycles. The Kier molecular flexibility index (Phi) is 7.69. The summed E-state index contributed by atoms with van der Waals surface area (Å²) in [5, 5.41) is 5.99. The molecule has 3 amide bonds. The first-order chi connectivity index (χ1) is 13.2. The van der Waals surface area contributed by atoms with Crippen molar-refractivity contribution < 1.29 is 19.1 Å². The van der Waals surface area contributed by atoms with Crippen LogP contribution in [0.5, 0.6) is 0 Å². The van der Waals surface area contributed by atoms with Crippen molar-refractivity contribution in [3.05, 3.63) is 34.9 Å². The van der Waals surface area contributed by atoms with Crippen molar-refractivity contribution in [2.24, 2.45) is 0 Å². The van der Waals surface area contributed by atoms with Crippen LogP contribution in [0, 0.1) is 0 Å². The van der Waals surface area contributed by atoms with Gasteiger partial charge in [0.15, 0.2) is 0 Å². The maximum atomic E-state index is 12.3. The minimum absolute atomic E-state index is 0.00714. The van der Waals surface area contributed by atoms with Gasteiger partial charge in [-0.15, -0.1) is 0 Å². The number of hydrogen-bond acceptors (Lipinski definition) is 4. The smallest absolute Gasteiger partial charge is 0.407 e. The molecule has 0 radical (unpaired) electrons. The molecule has 0 spiro atoms. The van der Waals surface area contributed by atoms with Crippen LogP contribution in [-0.2, 0) is 9.53 Å². The van der Waals surface area contributed by atoms with Gasteiger partial charge < -0.3 is 20.3 Å². The van der Waals surface area contributed by atoms with Gasteiger partial charge in [-0.25, -0.2) is 4.79 Å². The second-order valence-electron chi connectivity index (χ2n) is 7.79. The van der Waals surface area contributed by atoms with Crippen molar-refractivity contribution in [1.82, 2.24) is 15.5 Å². The van der Waals surface area contributed by atoms with Crippen molar-refractivity contribution in [2.45, 2.75) is 51.7 Å². The third kappa shape index (κ3) is 7.03. The van der Waals surface area contributed by atoms with E-state index >= 15 is 0 Å². The summed E-state index contributed by atoms with van der Waals surface area (Å²) in [5.74, 6) is -0.219. The maximum Gasteiger partial charge on any atom is 0.407 e. The van der Waals surface area contributed by atoms with Gasteiger partial charge in [0.2, 0.25) is 5.91 Å². The highest BCUT2D eigenvalue weighted by molar-refractivity contribution is 6.33. The van der Waals surface area contributed by atoms with Crippen molar-refractivity contribution >= 4 is 29.5 Å². The molecule has 1 aromatic rings. The molecule has 2 rings (SSSR count). The number of rotatable bonds is 5. The molecule has 2 N–H and O–H groups in total. The highest BCUT2D eigenvalue weighted by Crippen LogP contribution is 2.17. The zero-order valence-corrected chi connectivity index (χ0v) is 17.3. The molecule has 0 atom stereocenters. The van der Waals surface area contributed by atoms with E-state index in [1.807, 2.05) is 0 Å². The molecule has 1 aliphatic rings. The molecule has 7 nitrogen and oxygen atoms in total. The van der Waals surface area contributed by atoms with E-state index in [4.69, 9.17) is 16.3 Å². The zero-order chi connectivity index (χ0) is 20.7. The van der Waals surface area contributed by atoms with Crippen LogP contribution in [0.3, 0.4) is 0 Å². The Labute approximate surface area is 170 Å². The normalized spacial score (nSPS) is 15.1. The zero-order valence-electron chi connectivity index (χ0n) is 16.6. The summed E-state index contributed by atoms with van der Waals surface area (Å²) in [6.07, 6.45) is 1.06. The Hall–Kier alpha value is -2.28. The topological polar surface area (TPSA) is 87.7 Å². The lowest BCUT2D eigenvalue weighted by Crippen LogP contribution is -2.47. The molecule has 1 saturated heterocycles. The third-order valence-electron chi connectivity index (χ3n) is 4.31. The SMILES string of the molecule is CC(C)(C)OC(=O)NCCC(=O)N1CCC(NC(=O)c2ccccc2Cl)CC1. The number of halogens is 1. The summed E-state index contributed by atoms with van der Waals surface area (Å²) in [5.41, 5.74) is -0.111. The van der Waals surface area contributed by atoms with E-state index < -0.39 is 11.7 Å². The van der Waals surface area contributed by atoms with Gasteiger partial charge in [0.25, 0.3) is 5.91 Å². The lowest BCUT2D eigenvalue weighted by atomic mass is 10.0. The van der Waals surface area contributed by atoms with Crippen LogP contribution < -0.4 is 10.6 Å². The summed E-state index contributed by atoms with van der Waals surface area (Å²) in [7, 11) is 0. The highest BCUT2D eigenvalue weighted by atomic mass is 35.5. The van der Waals surface area contributed by atoms with Crippen LogP contribution in [0.2, 0.25) is 5.02 Å². The molecule has 0 unspecified atom stereocenters. The number of carbonyl (C=O) groups is 3. The quantitative estimate of drug-likeness (QED) is 0.782. The number of hydrogen-bond donors (Lipinski definition) is 2. The fourth-order valence-electron chi connectivity index (χ4n) is 2.93. The van der Waals surface area contributed by atoms with E-state index in [9.17, 15) is 14.4 Å². The fraction of sp³-hybridized carbons (Fsp3) is 0.550. The number of benzene rings is 1. The second kappa shape index (κ2) is 9.78. The molecule has 1 heterocycles. The van der Waals surface area contributed by atoms with Crippen LogP contribution in [0.25, 0.3) is 0 Å². The standard InChI is InChI=1S/C20H28ClN3O4/c1-20(2,3)28-19(27)22-11-8-17(25)24-12-9-14(10-13-24)23-18(26)15-6-4-5-7-16(15)21/h4-7,14H,8-13H2,1-3H3,(H,22,27)(H,23,26). The van der Waals surface area contributed by atoms with Gasteiger partial charge >= 0.3 is 6.09 Å². The second-order valence-corrected chi connectivity index (χ2v) is 8.19. The Morgan fingerprint density at radius 2 is 1.82 bits per heavy atom. The van der Waals surface area contributed by atoms with E-state index in [0.29, 0.717) is 36.5 Å². The van der Waals surface area contributed by atoms with Gasteiger partial charge in [-0.1, -0.05) is 23.7 Å². The molecule has 154 valence electrons. The van der Waals surface area contributed by atoms with Crippen LogP contribution >= 0.6 is 11.6 Å². The fourth-order valence-corrected chi connectivity index (χ4v) is 3.15. The minimum Gasteiger partial charge on any atom is -0.444 e. The molecular formula is C20H28ClN3O4. The van der Waals surface area contributed by atoms with Crippen LogP contribution in [0.4, 0.5) is 4.79 Å². The van der Waals surface area contributed by atoms with Crippen molar-refractivity contribution in [3.8, 4) is 0 Å². The number of nitrogens with one attached hydrogen (secondary N) is 2. The predicted octanol–water partition coefficient (Wildman–Crippen LogP) is 2.98. The van der Waals surface area contributed by atoms with Gasteiger partial charge in [-0.05, 0) is 45.7 Å². The first-order valence-electron chi connectivity index (χ1n) is 9.46. The monoisotopic (exact) mass is 409 g/mol. The van der Waals surface area contributed by atoms with E-state index in [-0.39, 0.29) is 30.8 Å². The molecule has 0 aromatic heterocycles. The Balaban J connectivity index is 1.70. The average molecular weight is 410 g/mol. The number of nitrogens with zero attached hydrogens (tertiary/aromatic N) is 1. The molecule has 0 saturated carbocycles. The predicted molar refractivity (Wildman–Crippen MR) is 107 cm³/mol. The minimum atomic E-state index is -0.565. The molecule has 1 aliphatic heterocycles. The van der Waals surface area contributed by atoms with Crippen molar-refractivity contribution in [2.75, 3.05) is 19.6 Å². The number of carbonyl (C=O) groups excluding carboxylic acids is 3. The molecular weight excluding hydrogens is 382 g/mol. The third-order valence-corrected chi connectivity index (χ3v) is 4.64. The number of ether oxygens (including phenoxy) is 1. The molecule has 0 bridgehead atoms. The first kappa shape index (κ1) is 22.0. The molecule has 8 heteroatoms. The number of piperidine rings is 1. The number of alkyl carbamates (subject to hydrolysis) is 1. The van der Waals surface area contributed by atoms with E-state index in [1.165, 1.54) is 0 Å². The summed E-state index contributed by atoms with van der Waals surface area (Å²) in [4.78, 5) is 38.0. The lowest BCUT2D eigenvalue weighted by Gasteiger charge is -2.32. The van der Waals surface area contributed by atoms with Gasteiger partial charge in [0.05, 0.1) is 10.6 Å². The Morgan fingerprint density at radius 1 is 1.18 bits per heavy atom. The summed E-state index contributed by atoms with van der Waals surface area (Å²) in [6.45, 7) is 6.72. The van der Waals surface area contributed by atoms with Crippen molar-refractivity contribution in [1.29, 1.82) is 0 Å². The van der Waals surface area contributed by atoms with Gasteiger partial charge in [-0.3, -0.25) is 9.59 Å². The van der Waals surface area contributed by atoms with E-state index in [1.54, 1.807) is 49.9 Å². The van der Waals surface area contributed by atoms with Crippen LogP contribution in [-0.4, -0.2) is 54.1 Å². The number of likely N-dealkylation sites (tertiary alicyclic amines) is 1. The highest BCUT2D eigenvalue weighted by Gasteiger charge is 2.24. The first-order valence-corrected chi connectivity index (χ1v) is 9.83. The van der Waals surface area contributed by atoms with Crippen molar-refractivity contribution in [3.63, 3.8) is 0 Å². The average Bonchev–Trinajstić information content (AvgIpc) is 2.61. The molecule has 1 fully saturated rings.